The van der Waals surface area contributed by atoms with E-state index in [-0.39, 0.29) is 5.91 Å². The number of benzene rings is 2. The molecule has 0 saturated carbocycles. The number of halogens is 1. The highest BCUT2D eigenvalue weighted by atomic mass is 79.9. The Bertz CT molecular complexity index is 893. The van der Waals surface area contributed by atoms with E-state index in [1.165, 1.54) is 0 Å². The minimum absolute atomic E-state index is 0.00451. The first-order chi connectivity index (χ1) is 13.1. The molecule has 3 rings (SSSR count). The van der Waals surface area contributed by atoms with Crippen LogP contribution in [-0.4, -0.2) is 23.2 Å². The van der Waals surface area contributed by atoms with Gasteiger partial charge in [-0.2, -0.15) is 4.98 Å². The Morgan fingerprint density at radius 3 is 2.78 bits per heavy atom. The zero-order chi connectivity index (χ0) is 19.1. The lowest BCUT2D eigenvalue weighted by molar-refractivity contribution is -0.121. The molecule has 140 valence electrons. The maximum atomic E-state index is 12.0. The van der Waals surface area contributed by atoms with Crippen LogP contribution in [0.3, 0.4) is 0 Å². The molecule has 7 heteroatoms. The molecule has 1 N–H and O–H groups in total. The van der Waals surface area contributed by atoms with E-state index >= 15 is 0 Å². The molecular weight excluding hydrogens is 410 g/mol. The molecule has 0 aliphatic heterocycles. The van der Waals surface area contributed by atoms with E-state index in [2.05, 4.69) is 31.4 Å². The first-order valence-electron chi connectivity index (χ1n) is 8.62. The average Bonchev–Trinajstić information content (AvgIpc) is 3.15. The summed E-state index contributed by atoms with van der Waals surface area (Å²) in [6, 6.07) is 15.3. The molecule has 0 radical (unpaired) electrons. The monoisotopic (exact) mass is 429 g/mol. The fourth-order valence-corrected chi connectivity index (χ4v) is 3.00. The molecule has 1 heterocycles. The van der Waals surface area contributed by atoms with Crippen LogP contribution in [0, 0.1) is 0 Å². The number of hydrogen-bond acceptors (Lipinski definition) is 5. The van der Waals surface area contributed by atoms with Crippen LogP contribution in [0.4, 0.5) is 0 Å². The zero-order valence-electron chi connectivity index (χ0n) is 14.9. The van der Waals surface area contributed by atoms with Crippen LogP contribution in [0.15, 0.2) is 57.5 Å². The molecule has 1 amide bonds. The van der Waals surface area contributed by atoms with Gasteiger partial charge in [-0.3, -0.25) is 4.79 Å². The van der Waals surface area contributed by atoms with Gasteiger partial charge in [-0.05, 0) is 48.4 Å². The summed E-state index contributed by atoms with van der Waals surface area (Å²) in [6.07, 6.45) is 1.62. The van der Waals surface area contributed by atoms with Crippen molar-refractivity contribution in [2.75, 3.05) is 7.11 Å². The lowest BCUT2D eigenvalue weighted by Crippen LogP contribution is -2.22. The van der Waals surface area contributed by atoms with Gasteiger partial charge in [0.1, 0.15) is 5.75 Å². The highest BCUT2D eigenvalue weighted by Gasteiger charge is 2.10. The van der Waals surface area contributed by atoms with Gasteiger partial charge in [-0.15, -0.1) is 0 Å². The fraction of sp³-hybridized carbons (Fsp3) is 0.250. The first-order valence-corrected chi connectivity index (χ1v) is 9.41. The summed E-state index contributed by atoms with van der Waals surface area (Å²) < 4.78 is 11.4. The SMILES string of the molecule is COc1ccc(-c2noc(CCCC(=O)NCc3cccc(Br)c3)n2)cc1. The van der Waals surface area contributed by atoms with Crippen molar-refractivity contribution in [1.82, 2.24) is 15.5 Å². The van der Waals surface area contributed by atoms with Gasteiger partial charge in [0.05, 0.1) is 7.11 Å². The molecule has 6 nitrogen and oxygen atoms in total. The van der Waals surface area contributed by atoms with Crippen molar-refractivity contribution in [2.24, 2.45) is 0 Å². The summed E-state index contributed by atoms with van der Waals surface area (Å²) in [6.45, 7) is 0.514. The van der Waals surface area contributed by atoms with E-state index in [1.54, 1.807) is 7.11 Å². The number of aryl methyl sites for hydroxylation is 1. The van der Waals surface area contributed by atoms with E-state index in [4.69, 9.17) is 9.26 Å². The molecule has 1 aromatic heterocycles. The summed E-state index contributed by atoms with van der Waals surface area (Å²) in [5.74, 6) is 1.84. The van der Waals surface area contributed by atoms with Crippen LogP contribution in [0.2, 0.25) is 0 Å². The lowest BCUT2D eigenvalue weighted by atomic mass is 10.2. The van der Waals surface area contributed by atoms with E-state index in [9.17, 15) is 4.79 Å². The second-order valence-corrected chi connectivity index (χ2v) is 6.92. The Balaban J connectivity index is 1.43. The number of methoxy groups -OCH3 is 1. The molecule has 0 atom stereocenters. The Hall–Kier alpha value is -2.67. The van der Waals surface area contributed by atoms with E-state index in [0.29, 0.717) is 37.5 Å². The summed E-state index contributed by atoms with van der Waals surface area (Å²) >= 11 is 3.42. The Kier molecular flexibility index (Phi) is 6.59. The zero-order valence-corrected chi connectivity index (χ0v) is 16.5. The molecule has 0 unspecified atom stereocenters. The number of rotatable bonds is 8. The Morgan fingerprint density at radius 2 is 2.04 bits per heavy atom. The van der Waals surface area contributed by atoms with Gasteiger partial charge < -0.3 is 14.6 Å². The predicted octanol–water partition coefficient (Wildman–Crippen LogP) is 4.15. The van der Waals surface area contributed by atoms with Crippen molar-refractivity contribution >= 4 is 21.8 Å². The summed E-state index contributed by atoms with van der Waals surface area (Å²) in [4.78, 5) is 16.4. The van der Waals surface area contributed by atoms with E-state index < -0.39 is 0 Å². The number of aromatic nitrogens is 2. The van der Waals surface area contributed by atoms with Crippen LogP contribution < -0.4 is 10.1 Å². The molecule has 0 fully saturated rings. The van der Waals surface area contributed by atoms with E-state index in [1.807, 2.05) is 48.5 Å². The molecule has 0 bridgehead atoms. The Morgan fingerprint density at radius 1 is 1.22 bits per heavy atom. The first kappa shape index (κ1) is 19.1. The van der Waals surface area contributed by atoms with Crippen LogP contribution in [-0.2, 0) is 17.8 Å². The second-order valence-electron chi connectivity index (χ2n) is 6.00. The summed E-state index contributed by atoms with van der Waals surface area (Å²) in [7, 11) is 1.62. The number of carbonyl (C=O) groups is 1. The summed E-state index contributed by atoms with van der Waals surface area (Å²) in [5.41, 5.74) is 1.91. The third-order valence-corrected chi connectivity index (χ3v) is 4.48. The van der Waals surface area contributed by atoms with Gasteiger partial charge in [0.2, 0.25) is 17.6 Å². The third kappa shape index (κ3) is 5.65. The van der Waals surface area contributed by atoms with Crippen LogP contribution >= 0.6 is 15.9 Å². The van der Waals surface area contributed by atoms with Crippen LogP contribution in [0.25, 0.3) is 11.4 Å². The van der Waals surface area contributed by atoms with Crippen LogP contribution in [0.5, 0.6) is 5.75 Å². The van der Waals surface area contributed by atoms with Gasteiger partial charge in [-0.1, -0.05) is 33.2 Å². The minimum Gasteiger partial charge on any atom is -0.497 e. The molecule has 0 spiro atoms. The van der Waals surface area contributed by atoms with Crippen molar-refractivity contribution in [2.45, 2.75) is 25.8 Å². The topological polar surface area (TPSA) is 77.2 Å². The molecule has 27 heavy (non-hydrogen) atoms. The maximum absolute atomic E-state index is 12.0. The standard InChI is InChI=1S/C20H20BrN3O3/c1-26-17-10-8-15(9-11-17)20-23-19(27-24-20)7-3-6-18(25)22-13-14-4-2-5-16(21)12-14/h2,4-5,8-12H,3,6-7,13H2,1H3,(H,22,25). The van der Waals surface area contributed by atoms with Gasteiger partial charge in [-0.25, -0.2) is 0 Å². The highest BCUT2D eigenvalue weighted by molar-refractivity contribution is 9.10. The van der Waals surface area contributed by atoms with Crippen molar-refractivity contribution < 1.29 is 14.1 Å². The van der Waals surface area contributed by atoms with Crippen LogP contribution in [0.1, 0.15) is 24.3 Å². The predicted molar refractivity (Wildman–Crippen MR) is 105 cm³/mol. The maximum Gasteiger partial charge on any atom is 0.226 e. The van der Waals surface area contributed by atoms with Crippen molar-refractivity contribution in [3.05, 3.63) is 64.5 Å². The smallest absolute Gasteiger partial charge is 0.226 e. The quantitative estimate of drug-likeness (QED) is 0.581. The number of amides is 1. The molecule has 3 aromatic rings. The Labute approximate surface area is 166 Å². The number of carbonyl (C=O) groups excluding carboxylic acids is 1. The number of ether oxygens (including phenoxy) is 1. The normalized spacial score (nSPS) is 10.6. The van der Waals surface area contributed by atoms with Crippen molar-refractivity contribution in [3.63, 3.8) is 0 Å². The fourth-order valence-electron chi connectivity index (χ4n) is 2.55. The number of nitrogens with one attached hydrogen (secondary N) is 1. The van der Waals surface area contributed by atoms with E-state index in [0.717, 1.165) is 21.3 Å². The number of hydrogen-bond donors (Lipinski definition) is 1. The second kappa shape index (κ2) is 9.32. The average molecular weight is 430 g/mol. The van der Waals surface area contributed by atoms with Gasteiger partial charge in [0.25, 0.3) is 0 Å². The highest BCUT2D eigenvalue weighted by Crippen LogP contribution is 2.20. The van der Waals surface area contributed by atoms with Crippen molar-refractivity contribution in [3.8, 4) is 17.1 Å². The largest absolute Gasteiger partial charge is 0.497 e. The molecule has 2 aromatic carbocycles. The lowest BCUT2D eigenvalue weighted by Gasteiger charge is -2.05. The third-order valence-electron chi connectivity index (χ3n) is 3.99. The van der Waals surface area contributed by atoms with Crippen molar-refractivity contribution in [1.29, 1.82) is 0 Å². The minimum atomic E-state index is 0.00451. The van der Waals surface area contributed by atoms with Gasteiger partial charge in [0.15, 0.2) is 0 Å². The number of nitrogens with zero attached hydrogens (tertiary/aromatic N) is 2. The molecule has 0 saturated heterocycles. The van der Waals surface area contributed by atoms with Gasteiger partial charge in [0, 0.05) is 29.4 Å². The molecule has 0 aliphatic rings. The molecule has 0 aliphatic carbocycles. The molecular formula is C20H20BrN3O3. The van der Waals surface area contributed by atoms with Gasteiger partial charge >= 0.3 is 0 Å². The summed E-state index contributed by atoms with van der Waals surface area (Å²) in [5, 5.41) is 6.91.